The summed E-state index contributed by atoms with van der Waals surface area (Å²) in [4.78, 5) is 27.8. The molecular weight excluding hydrogens is 587 g/mol. The lowest BCUT2D eigenvalue weighted by Gasteiger charge is -2.44. The summed E-state index contributed by atoms with van der Waals surface area (Å²) in [6.07, 6.45) is -17.0. The van der Waals surface area contributed by atoms with E-state index in [4.69, 9.17) is 9.47 Å². The first-order valence-corrected chi connectivity index (χ1v) is 12.5. The molecule has 2 aromatic carbocycles. The zero-order valence-electron chi connectivity index (χ0n) is 22.7. The summed E-state index contributed by atoms with van der Waals surface area (Å²) >= 11 is 0. The van der Waals surface area contributed by atoms with Gasteiger partial charge in [0, 0.05) is 20.6 Å². The number of benzene rings is 2. The Hall–Kier alpha value is -3.49. The minimum Gasteiger partial charge on any atom is -0.446 e. The first kappa shape index (κ1) is 33.0. The van der Waals surface area contributed by atoms with Crippen molar-refractivity contribution in [1.29, 1.82) is 0 Å². The number of alkyl halides is 9. The molecule has 232 valence electrons. The van der Waals surface area contributed by atoms with Crippen LogP contribution in [-0.2, 0) is 39.3 Å². The number of amides is 2. The van der Waals surface area contributed by atoms with Crippen LogP contribution in [0.5, 0.6) is 0 Å². The van der Waals surface area contributed by atoms with Crippen molar-refractivity contribution in [2.24, 2.45) is 0 Å². The highest BCUT2D eigenvalue weighted by Crippen LogP contribution is 2.45. The van der Waals surface area contributed by atoms with Crippen molar-refractivity contribution in [2.75, 3.05) is 18.6 Å². The predicted octanol–water partition coefficient (Wildman–Crippen LogP) is 7.60. The van der Waals surface area contributed by atoms with E-state index < -0.39 is 77.5 Å². The fraction of sp³-hybridized carbons (Fsp3) is 0.481. The Bertz CT molecular complexity index is 1270. The van der Waals surface area contributed by atoms with Crippen LogP contribution in [0.3, 0.4) is 0 Å². The number of anilines is 1. The Kier molecular flexibility index (Phi) is 9.45. The van der Waals surface area contributed by atoms with E-state index >= 15 is 0 Å². The molecule has 1 aliphatic rings. The van der Waals surface area contributed by atoms with Crippen molar-refractivity contribution in [3.05, 3.63) is 64.2 Å². The van der Waals surface area contributed by atoms with Crippen LogP contribution in [0.1, 0.15) is 61.1 Å². The lowest BCUT2D eigenvalue weighted by Crippen LogP contribution is -2.50. The van der Waals surface area contributed by atoms with Crippen LogP contribution < -0.4 is 4.90 Å². The molecule has 0 aliphatic carbocycles. The summed E-state index contributed by atoms with van der Waals surface area (Å²) in [7, 11) is 1.28. The Morgan fingerprint density at radius 3 is 1.90 bits per heavy atom. The third-order valence-electron chi connectivity index (χ3n) is 6.51. The maximum absolute atomic E-state index is 13.7. The van der Waals surface area contributed by atoms with E-state index in [0.717, 1.165) is 22.8 Å². The zero-order chi connectivity index (χ0) is 31.8. The van der Waals surface area contributed by atoms with Gasteiger partial charge in [0.15, 0.2) is 0 Å². The second-order valence-electron chi connectivity index (χ2n) is 10.00. The SMILES string of the molecule is COC[C@@H]1C[C@H](N(Cc2cc(C(F)(F)F)cc(C(F)(F)F)c2)C(C)=O)c2cc(C(F)(F)F)ccc2N1C(=O)OC(C)C. The highest BCUT2D eigenvalue weighted by Gasteiger charge is 2.43. The molecular formula is C27H27F9N2O4. The highest BCUT2D eigenvalue weighted by atomic mass is 19.4. The van der Waals surface area contributed by atoms with Gasteiger partial charge >= 0.3 is 24.6 Å². The molecule has 0 N–H and O–H groups in total. The summed E-state index contributed by atoms with van der Waals surface area (Å²) in [5, 5.41) is 0. The summed E-state index contributed by atoms with van der Waals surface area (Å²) in [6, 6.07) is 0.999. The number of methoxy groups -OCH3 is 1. The Morgan fingerprint density at radius 1 is 0.905 bits per heavy atom. The molecule has 2 amide bonds. The van der Waals surface area contributed by atoms with Gasteiger partial charge in [0.2, 0.25) is 5.91 Å². The van der Waals surface area contributed by atoms with Gasteiger partial charge in [-0.3, -0.25) is 9.69 Å². The monoisotopic (exact) mass is 614 g/mol. The standard InChI is InChI=1S/C27H27F9N2O4/c1-14(2)42-24(40)38-20(13-41-4)11-23(21-10-17(25(28,29)30)5-6-22(21)38)37(15(3)39)12-16-7-18(26(31,32)33)9-19(8-16)27(34,35)36/h5-10,14,20,23H,11-13H2,1-4H3/t20-,23-/m0/s1. The first-order valence-electron chi connectivity index (χ1n) is 12.5. The van der Waals surface area contributed by atoms with Crippen LogP contribution >= 0.6 is 0 Å². The Balaban J connectivity index is 2.21. The summed E-state index contributed by atoms with van der Waals surface area (Å²) in [5.41, 5.74) is -5.20. The second kappa shape index (κ2) is 12.0. The third-order valence-corrected chi connectivity index (χ3v) is 6.51. The average molecular weight is 615 g/mol. The van der Waals surface area contributed by atoms with Gasteiger partial charge in [-0.25, -0.2) is 4.79 Å². The summed E-state index contributed by atoms with van der Waals surface area (Å²) in [6.45, 7) is 3.09. The molecule has 6 nitrogen and oxygen atoms in total. The number of rotatable bonds is 6. The fourth-order valence-corrected chi connectivity index (χ4v) is 4.79. The highest BCUT2D eigenvalue weighted by molar-refractivity contribution is 5.91. The minimum atomic E-state index is -5.16. The van der Waals surface area contributed by atoms with E-state index in [-0.39, 0.29) is 30.3 Å². The molecule has 0 radical (unpaired) electrons. The molecule has 0 bridgehead atoms. The van der Waals surface area contributed by atoms with Crippen LogP contribution in [0, 0.1) is 0 Å². The van der Waals surface area contributed by atoms with E-state index in [9.17, 15) is 49.1 Å². The molecule has 15 heteroatoms. The molecule has 0 saturated heterocycles. The molecule has 3 rings (SSSR count). The topological polar surface area (TPSA) is 59.1 Å². The van der Waals surface area contributed by atoms with Gasteiger partial charge in [-0.05, 0) is 67.8 Å². The van der Waals surface area contributed by atoms with E-state index in [2.05, 4.69) is 0 Å². The number of halogens is 9. The van der Waals surface area contributed by atoms with Gasteiger partial charge in [-0.15, -0.1) is 0 Å². The normalized spacial score (nSPS) is 17.7. The molecule has 0 aromatic heterocycles. The Morgan fingerprint density at radius 2 is 1.45 bits per heavy atom. The molecule has 0 saturated carbocycles. The lowest BCUT2D eigenvalue weighted by atomic mass is 9.88. The van der Waals surface area contributed by atoms with Crippen LogP contribution in [0.15, 0.2) is 36.4 Å². The van der Waals surface area contributed by atoms with Crippen LogP contribution in [-0.4, -0.2) is 42.8 Å². The van der Waals surface area contributed by atoms with Gasteiger partial charge in [-0.1, -0.05) is 0 Å². The molecule has 1 heterocycles. The van der Waals surface area contributed by atoms with Crippen molar-refractivity contribution in [2.45, 2.75) is 70.5 Å². The van der Waals surface area contributed by atoms with Crippen LogP contribution in [0.2, 0.25) is 0 Å². The van der Waals surface area contributed by atoms with Crippen molar-refractivity contribution in [3.63, 3.8) is 0 Å². The summed E-state index contributed by atoms with van der Waals surface area (Å²) < 4.78 is 132. The quantitative estimate of drug-likeness (QED) is 0.315. The number of ether oxygens (including phenoxy) is 2. The minimum absolute atomic E-state index is 0.0695. The molecule has 2 aromatic rings. The van der Waals surface area contributed by atoms with Gasteiger partial charge in [0.1, 0.15) is 0 Å². The van der Waals surface area contributed by atoms with E-state index in [0.29, 0.717) is 24.3 Å². The maximum Gasteiger partial charge on any atom is 0.416 e. The number of carbonyl (C=O) groups is 2. The van der Waals surface area contributed by atoms with Crippen molar-refractivity contribution in [1.82, 2.24) is 4.90 Å². The van der Waals surface area contributed by atoms with E-state index in [1.165, 1.54) is 7.11 Å². The Labute approximate surface area is 235 Å². The molecule has 0 fully saturated rings. The van der Waals surface area contributed by atoms with Crippen molar-refractivity contribution in [3.8, 4) is 0 Å². The van der Waals surface area contributed by atoms with Gasteiger partial charge in [-0.2, -0.15) is 39.5 Å². The van der Waals surface area contributed by atoms with Crippen LogP contribution in [0.25, 0.3) is 0 Å². The second-order valence-corrected chi connectivity index (χ2v) is 10.00. The molecule has 0 unspecified atom stereocenters. The van der Waals surface area contributed by atoms with Crippen LogP contribution in [0.4, 0.5) is 50.0 Å². The summed E-state index contributed by atoms with van der Waals surface area (Å²) in [5.74, 6) is -0.844. The van der Waals surface area contributed by atoms with Crippen molar-refractivity contribution < 1.29 is 58.6 Å². The molecule has 0 spiro atoms. The lowest BCUT2D eigenvalue weighted by molar-refractivity contribution is -0.143. The number of hydrogen-bond acceptors (Lipinski definition) is 4. The third kappa shape index (κ3) is 7.47. The molecule has 2 atom stereocenters. The predicted molar refractivity (Wildman–Crippen MR) is 131 cm³/mol. The largest absolute Gasteiger partial charge is 0.446 e. The van der Waals surface area contributed by atoms with E-state index in [1.807, 2.05) is 0 Å². The van der Waals surface area contributed by atoms with Gasteiger partial charge in [0.05, 0.1) is 47.2 Å². The number of nitrogens with zero attached hydrogens (tertiary/aromatic N) is 2. The zero-order valence-corrected chi connectivity index (χ0v) is 22.7. The van der Waals surface area contributed by atoms with Crippen molar-refractivity contribution >= 4 is 17.7 Å². The first-order chi connectivity index (χ1) is 19.2. The average Bonchev–Trinajstić information content (AvgIpc) is 2.84. The maximum atomic E-state index is 13.7. The molecule has 1 aliphatic heterocycles. The van der Waals surface area contributed by atoms with Gasteiger partial charge in [0.25, 0.3) is 0 Å². The molecule has 42 heavy (non-hydrogen) atoms. The fourth-order valence-electron chi connectivity index (χ4n) is 4.79. The van der Waals surface area contributed by atoms with Gasteiger partial charge < -0.3 is 14.4 Å². The number of hydrogen-bond donors (Lipinski definition) is 0. The smallest absolute Gasteiger partial charge is 0.416 e. The number of fused-ring (bicyclic) bond motifs is 1. The number of carbonyl (C=O) groups excluding carboxylic acids is 2. The van der Waals surface area contributed by atoms with E-state index in [1.54, 1.807) is 13.8 Å².